The summed E-state index contributed by atoms with van der Waals surface area (Å²) in [5.74, 6) is -1.17. The van der Waals surface area contributed by atoms with Crippen LogP contribution in [0.25, 0.3) is 0 Å². The van der Waals surface area contributed by atoms with Crippen LogP contribution < -0.4 is 5.32 Å². The van der Waals surface area contributed by atoms with Crippen LogP contribution >= 0.6 is 0 Å². The molecule has 0 saturated carbocycles. The van der Waals surface area contributed by atoms with Crippen molar-refractivity contribution in [1.29, 1.82) is 0 Å². The van der Waals surface area contributed by atoms with Gasteiger partial charge in [-0.1, -0.05) is 0 Å². The van der Waals surface area contributed by atoms with E-state index in [-0.39, 0.29) is 11.8 Å². The summed E-state index contributed by atoms with van der Waals surface area (Å²) in [7, 11) is -2.13. The Labute approximate surface area is 83.7 Å². The molecule has 0 aliphatic carbocycles. The molecule has 5 nitrogen and oxygen atoms in total. The highest BCUT2D eigenvalue weighted by molar-refractivity contribution is 7.92. The first-order chi connectivity index (χ1) is 6.53. The minimum atomic E-state index is -3.31. The lowest BCUT2D eigenvalue weighted by molar-refractivity contribution is -0.137. The fourth-order valence-corrected chi connectivity index (χ4v) is 3.00. The lowest BCUT2D eigenvalue weighted by Crippen LogP contribution is -2.32. The Balaban J connectivity index is 2.44. The zero-order valence-electron chi connectivity index (χ0n) is 8.15. The molecule has 0 radical (unpaired) electrons. The van der Waals surface area contributed by atoms with Gasteiger partial charge >= 0.3 is 5.97 Å². The SMILES string of the molecule is COC(=O)CS(=O)(=O)C[C@H]1CCCN1. The van der Waals surface area contributed by atoms with Crippen LogP contribution in [0.5, 0.6) is 0 Å². The van der Waals surface area contributed by atoms with Crippen molar-refractivity contribution in [3.63, 3.8) is 0 Å². The first kappa shape index (κ1) is 11.5. The maximum absolute atomic E-state index is 11.4. The maximum Gasteiger partial charge on any atom is 0.320 e. The van der Waals surface area contributed by atoms with Crippen molar-refractivity contribution < 1.29 is 17.9 Å². The summed E-state index contributed by atoms with van der Waals surface area (Å²) in [6, 6.07) is 0.00431. The molecule has 1 aliphatic rings. The predicted octanol–water partition coefficient (Wildman–Crippen LogP) is -0.674. The number of esters is 1. The second kappa shape index (κ2) is 4.75. The second-order valence-corrected chi connectivity index (χ2v) is 5.53. The molecule has 14 heavy (non-hydrogen) atoms. The standard InChI is InChI=1S/C8H15NO4S/c1-13-8(10)6-14(11,12)5-7-3-2-4-9-7/h7,9H,2-6H2,1H3/t7-/m1/s1. The highest BCUT2D eigenvalue weighted by Crippen LogP contribution is 2.08. The highest BCUT2D eigenvalue weighted by Gasteiger charge is 2.24. The van der Waals surface area contributed by atoms with E-state index in [0.717, 1.165) is 19.4 Å². The number of ether oxygens (including phenoxy) is 1. The molecule has 1 rings (SSSR count). The summed E-state index contributed by atoms with van der Waals surface area (Å²) < 4.78 is 27.1. The average molecular weight is 221 g/mol. The zero-order valence-corrected chi connectivity index (χ0v) is 8.97. The van der Waals surface area contributed by atoms with Crippen LogP contribution in [-0.2, 0) is 19.4 Å². The van der Waals surface area contributed by atoms with E-state index >= 15 is 0 Å². The summed E-state index contributed by atoms with van der Waals surface area (Å²) in [4.78, 5) is 10.8. The molecule has 6 heteroatoms. The van der Waals surface area contributed by atoms with E-state index in [1.54, 1.807) is 0 Å². The highest BCUT2D eigenvalue weighted by atomic mass is 32.2. The van der Waals surface area contributed by atoms with Crippen molar-refractivity contribution in [1.82, 2.24) is 5.32 Å². The van der Waals surface area contributed by atoms with Crippen LogP contribution in [0, 0.1) is 0 Å². The number of hydrogen-bond acceptors (Lipinski definition) is 5. The monoisotopic (exact) mass is 221 g/mol. The molecule has 1 saturated heterocycles. The number of carbonyl (C=O) groups is 1. The van der Waals surface area contributed by atoms with Crippen molar-refractivity contribution in [2.75, 3.05) is 25.2 Å². The van der Waals surface area contributed by atoms with E-state index in [1.165, 1.54) is 7.11 Å². The third kappa shape index (κ3) is 3.63. The molecule has 1 heterocycles. The van der Waals surface area contributed by atoms with Crippen LogP contribution in [0.4, 0.5) is 0 Å². The lowest BCUT2D eigenvalue weighted by atomic mass is 10.3. The molecule has 0 aromatic heterocycles. The number of methoxy groups -OCH3 is 1. The number of hydrogen-bond donors (Lipinski definition) is 1. The fourth-order valence-electron chi connectivity index (χ4n) is 1.50. The first-order valence-electron chi connectivity index (χ1n) is 4.54. The number of sulfone groups is 1. The Morgan fingerprint density at radius 1 is 1.57 bits per heavy atom. The van der Waals surface area contributed by atoms with Crippen molar-refractivity contribution in [2.24, 2.45) is 0 Å². The summed E-state index contributed by atoms with van der Waals surface area (Å²) >= 11 is 0. The van der Waals surface area contributed by atoms with E-state index in [4.69, 9.17) is 0 Å². The van der Waals surface area contributed by atoms with Gasteiger partial charge in [-0.3, -0.25) is 4.79 Å². The molecule has 1 N–H and O–H groups in total. The number of rotatable bonds is 4. The number of nitrogens with one attached hydrogen (secondary N) is 1. The molecule has 0 spiro atoms. The Bertz CT molecular complexity index is 292. The molecular formula is C8H15NO4S. The minimum Gasteiger partial charge on any atom is -0.468 e. The summed E-state index contributed by atoms with van der Waals surface area (Å²) in [6.07, 6.45) is 1.86. The predicted molar refractivity (Wildman–Crippen MR) is 51.7 cm³/mol. The largest absolute Gasteiger partial charge is 0.468 e. The van der Waals surface area contributed by atoms with Crippen LogP contribution in [0.1, 0.15) is 12.8 Å². The molecule has 1 fully saturated rings. The van der Waals surface area contributed by atoms with Crippen LogP contribution in [-0.4, -0.2) is 45.6 Å². The quantitative estimate of drug-likeness (QED) is 0.637. The van der Waals surface area contributed by atoms with Gasteiger partial charge in [0.25, 0.3) is 0 Å². The molecule has 0 unspecified atom stereocenters. The van der Waals surface area contributed by atoms with Crippen molar-refractivity contribution >= 4 is 15.8 Å². The minimum absolute atomic E-state index is 0.00431. The smallest absolute Gasteiger partial charge is 0.320 e. The lowest BCUT2D eigenvalue weighted by Gasteiger charge is -2.09. The van der Waals surface area contributed by atoms with Gasteiger partial charge in [-0.15, -0.1) is 0 Å². The van der Waals surface area contributed by atoms with Gasteiger partial charge in [0, 0.05) is 6.04 Å². The Kier molecular flexibility index (Phi) is 3.88. The van der Waals surface area contributed by atoms with Gasteiger partial charge < -0.3 is 10.1 Å². The van der Waals surface area contributed by atoms with Crippen molar-refractivity contribution in [3.05, 3.63) is 0 Å². The Morgan fingerprint density at radius 3 is 2.79 bits per heavy atom. The van der Waals surface area contributed by atoms with E-state index in [0.29, 0.717) is 0 Å². The maximum atomic E-state index is 11.4. The second-order valence-electron chi connectivity index (χ2n) is 3.42. The average Bonchev–Trinajstić information content (AvgIpc) is 2.54. The normalized spacial score (nSPS) is 22.2. The molecular weight excluding hydrogens is 206 g/mol. The van der Waals surface area contributed by atoms with Gasteiger partial charge in [0.15, 0.2) is 9.84 Å². The molecule has 82 valence electrons. The Morgan fingerprint density at radius 2 is 2.29 bits per heavy atom. The van der Waals surface area contributed by atoms with Gasteiger partial charge in [-0.25, -0.2) is 8.42 Å². The van der Waals surface area contributed by atoms with E-state index in [2.05, 4.69) is 10.1 Å². The van der Waals surface area contributed by atoms with Crippen LogP contribution in [0.2, 0.25) is 0 Å². The fraction of sp³-hybridized carbons (Fsp3) is 0.875. The van der Waals surface area contributed by atoms with Gasteiger partial charge in [0.1, 0.15) is 5.75 Å². The van der Waals surface area contributed by atoms with Gasteiger partial charge in [-0.2, -0.15) is 0 Å². The van der Waals surface area contributed by atoms with Gasteiger partial charge in [-0.05, 0) is 19.4 Å². The summed E-state index contributed by atoms with van der Waals surface area (Å²) in [5, 5.41) is 3.07. The summed E-state index contributed by atoms with van der Waals surface area (Å²) in [6.45, 7) is 0.860. The van der Waals surface area contributed by atoms with Crippen LogP contribution in [0.3, 0.4) is 0 Å². The number of carbonyl (C=O) groups excluding carboxylic acids is 1. The van der Waals surface area contributed by atoms with Crippen molar-refractivity contribution in [2.45, 2.75) is 18.9 Å². The molecule has 0 aromatic carbocycles. The van der Waals surface area contributed by atoms with Crippen molar-refractivity contribution in [3.8, 4) is 0 Å². The van der Waals surface area contributed by atoms with Crippen LogP contribution in [0.15, 0.2) is 0 Å². The summed E-state index contributed by atoms with van der Waals surface area (Å²) in [5.41, 5.74) is 0. The Hall–Kier alpha value is -0.620. The molecule has 1 aliphatic heterocycles. The van der Waals surface area contributed by atoms with E-state index in [1.807, 2.05) is 0 Å². The molecule has 1 atom stereocenters. The van der Waals surface area contributed by atoms with Gasteiger partial charge in [0.2, 0.25) is 0 Å². The molecule has 0 aromatic rings. The molecule has 0 amide bonds. The van der Waals surface area contributed by atoms with E-state index in [9.17, 15) is 13.2 Å². The third-order valence-corrected chi connectivity index (χ3v) is 3.77. The molecule has 0 bridgehead atoms. The topological polar surface area (TPSA) is 72.5 Å². The zero-order chi connectivity index (χ0) is 10.6. The first-order valence-corrected chi connectivity index (χ1v) is 6.36. The van der Waals surface area contributed by atoms with E-state index < -0.39 is 21.6 Å². The van der Waals surface area contributed by atoms with Gasteiger partial charge in [0.05, 0.1) is 12.9 Å². The third-order valence-electron chi connectivity index (χ3n) is 2.18.